The number of carbonyl (C=O) groups excluding carboxylic acids is 3. The standard InChI is InChI=1S/C23H26N2O4/c1-2-29-23(28)17-10-12-24(13-11-17)22(27)18-14-21(26)25(15-18)20-9-5-7-16-6-3-4-8-19(16)20/h3-9,17-18H,2,10-15H2,1H3. The maximum Gasteiger partial charge on any atom is 0.309 e. The first-order valence-electron chi connectivity index (χ1n) is 10.3. The fraction of sp³-hybridized carbons (Fsp3) is 0.435. The van der Waals surface area contributed by atoms with Crippen molar-refractivity contribution in [3.63, 3.8) is 0 Å². The molecular weight excluding hydrogens is 368 g/mol. The zero-order valence-corrected chi connectivity index (χ0v) is 16.7. The molecule has 0 radical (unpaired) electrons. The molecule has 0 spiro atoms. The van der Waals surface area contributed by atoms with Crippen LogP contribution >= 0.6 is 0 Å². The molecule has 6 nitrogen and oxygen atoms in total. The highest BCUT2D eigenvalue weighted by molar-refractivity contribution is 6.07. The number of hydrogen-bond donors (Lipinski definition) is 0. The average molecular weight is 394 g/mol. The van der Waals surface area contributed by atoms with Crippen molar-refractivity contribution in [1.82, 2.24) is 4.90 Å². The summed E-state index contributed by atoms with van der Waals surface area (Å²) in [6.07, 6.45) is 1.48. The zero-order chi connectivity index (χ0) is 20.4. The Balaban J connectivity index is 1.43. The average Bonchev–Trinajstić information content (AvgIpc) is 3.14. The molecule has 2 fully saturated rings. The summed E-state index contributed by atoms with van der Waals surface area (Å²) in [6.45, 7) is 3.67. The molecule has 0 aromatic heterocycles. The normalized spacial score (nSPS) is 20.3. The Labute approximate surface area is 170 Å². The predicted octanol–water partition coefficient (Wildman–Crippen LogP) is 2.99. The Bertz CT molecular complexity index is 928. The highest BCUT2D eigenvalue weighted by Gasteiger charge is 2.39. The molecule has 0 bridgehead atoms. The fourth-order valence-electron chi connectivity index (χ4n) is 4.40. The van der Waals surface area contributed by atoms with Crippen molar-refractivity contribution in [2.45, 2.75) is 26.2 Å². The van der Waals surface area contributed by atoms with E-state index in [0.717, 1.165) is 16.5 Å². The number of fused-ring (bicyclic) bond motifs is 1. The molecule has 1 atom stereocenters. The molecule has 0 N–H and O–H groups in total. The molecule has 1 unspecified atom stereocenters. The summed E-state index contributed by atoms with van der Waals surface area (Å²) in [7, 11) is 0. The lowest BCUT2D eigenvalue weighted by molar-refractivity contribution is -0.151. The van der Waals surface area contributed by atoms with E-state index in [1.807, 2.05) is 42.5 Å². The topological polar surface area (TPSA) is 66.9 Å². The molecule has 152 valence electrons. The molecular formula is C23H26N2O4. The van der Waals surface area contributed by atoms with Gasteiger partial charge in [-0.05, 0) is 31.2 Å². The lowest BCUT2D eigenvalue weighted by atomic mass is 9.95. The van der Waals surface area contributed by atoms with E-state index in [4.69, 9.17) is 4.74 Å². The van der Waals surface area contributed by atoms with E-state index in [-0.39, 0.29) is 36.0 Å². The Morgan fingerprint density at radius 1 is 1.03 bits per heavy atom. The van der Waals surface area contributed by atoms with Gasteiger partial charge in [-0.25, -0.2) is 0 Å². The molecule has 4 rings (SSSR count). The third-order valence-corrected chi connectivity index (χ3v) is 5.96. The lowest BCUT2D eigenvalue weighted by Crippen LogP contribution is -2.44. The van der Waals surface area contributed by atoms with Crippen LogP contribution < -0.4 is 4.90 Å². The van der Waals surface area contributed by atoms with Crippen molar-refractivity contribution in [3.05, 3.63) is 42.5 Å². The maximum atomic E-state index is 13.0. The molecule has 2 heterocycles. The number of rotatable bonds is 4. The Hall–Kier alpha value is -2.89. The monoisotopic (exact) mass is 394 g/mol. The quantitative estimate of drug-likeness (QED) is 0.748. The molecule has 29 heavy (non-hydrogen) atoms. The Morgan fingerprint density at radius 2 is 1.76 bits per heavy atom. The summed E-state index contributed by atoms with van der Waals surface area (Å²) < 4.78 is 5.10. The molecule has 0 saturated carbocycles. The number of benzene rings is 2. The van der Waals surface area contributed by atoms with Crippen LogP contribution in [0.25, 0.3) is 10.8 Å². The van der Waals surface area contributed by atoms with Gasteiger partial charge in [-0.15, -0.1) is 0 Å². The van der Waals surface area contributed by atoms with Crippen molar-refractivity contribution in [1.29, 1.82) is 0 Å². The number of amides is 2. The summed E-state index contributed by atoms with van der Waals surface area (Å²) in [5.74, 6) is -0.626. The molecule has 2 aromatic carbocycles. The summed E-state index contributed by atoms with van der Waals surface area (Å²) in [6, 6.07) is 13.9. The number of hydrogen-bond acceptors (Lipinski definition) is 4. The Kier molecular flexibility index (Phi) is 5.51. The van der Waals surface area contributed by atoms with E-state index in [2.05, 4.69) is 0 Å². The molecule has 2 aliphatic rings. The zero-order valence-electron chi connectivity index (χ0n) is 16.7. The van der Waals surface area contributed by atoms with Crippen LogP contribution in [0.3, 0.4) is 0 Å². The third kappa shape index (κ3) is 3.84. The minimum atomic E-state index is -0.333. The fourth-order valence-corrected chi connectivity index (χ4v) is 4.40. The van der Waals surface area contributed by atoms with Gasteiger partial charge in [-0.2, -0.15) is 0 Å². The van der Waals surface area contributed by atoms with Crippen LogP contribution in [0, 0.1) is 11.8 Å². The van der Waals surface area contributed by atoms with Gasteiger partial charge in [0, 0.05) is 31.4 Å². The minimum absolute atomic E-state index is 0.0129. The van der Waals surface area contributed by atoms with E-state index < -0.39 is 0 Å². The maximum absolute atomic E-state index is 13.0. The summed E-state index contributed by atoms with van der Waals surface area (Å²) >= 11 is 0. The number of ether oxygens (including phenoxy) is 1. The number of nitrogens with zero attached hydrogens (tertiary/aromatic N) is 2. The van der Waals surface area contributed by atoms with Gasteiger partial charge in [0.2, 0.25) is 11.8 Å². The highest BCUT2D eigenvalue weighted by Crippen LogP contribution is 2.32. The summed E-state index contributed by atoms with van der Waals surface area (Å²) in [4.78, 5) is 41.2. The van der Waals surface area contributed by atoms with Gasteiger partial charge in [-0.1, -0.05) is 36.4 Å². The van der Waals surface area contributed by atoms with Crippen LogP contribution in [0.2, 0.25) is 0 Å². The second-order valence-corrected chi connectivity index (χ2v) is 7.76. The van der Waals surface area contributed by atoms with E-state index in [1.165, 1.54) is 0 Å². The number of likely N-dealkylation sites (tertiary alicyclic amines) is 1. The van der Waals surface area contributed by atoms with E-state index in [1.54, 1.807) is 16.7 Å². The highest BCUT2D eigenvalue weighted by atomic mass is 16.5. The van der Waals surface area contributed by atoms with Gasteiger partial charge >= 0.3 is 5.97 Å². The van der Waals surface area contributed by atoms with Crippen LogP contribution in [0.4, 0.5) is 5.69 Å². The lowest BCUT2D eigenvalue weighted by Gasteiger charge is -2.32. The van der Waals surface area contributed by atoms with E-state index in [0.29, 0.717) is 39.1 Å². The van der Waals surface area contributed by atoms with Crippen molar-refractivity contribution in [2.24, 2.45) is 11.8 Å². The first-order valence-corrected chi connectivity index (χ1v) is 10.3. The van der Waals surface area contributed by atoms with Gasteiger partial charge < -0.3 is 14.5 Å². The Morgan fingerprint density at radius 3 is 2.52 bits per heavy atom. The van der Waals surface area contributed by atoms with Crippen LogP contribution in [-0.2, 0) is 19.1 Å². The van der Waals surface area contributed by atoms with Crippen molar-refractivity contribution >= 4 is 34.2 Å². The summed E-state index contributed by atoms with van der Waals surface area (Å²) in [5, 5.41) is 2.10. The number of piperidine rings is 1. The van der Waals surface area contributed by atoms with Crippen LogP contribution in [0.1, 0.15) is 26.2 Å². The number of carbonyl (C=O) groups is 3. The molecule has 2 aromatic rings. The minimum Gasteiger partial charge on any atom is -0.466 e. The molecule has 2 amide bonds. The van der Waals surface area contributed by atoms with E-state index >= 15 is 0 Å². The SMILES string of the molecule is CCOC(=O)C1CCN(C(=O)C2CC(=O)N(c3cccc4ccccc34)C2)CC1. The van der Waals surface area contributed by atoms with Crippen molar-refractivity contribution in [2.75, 3.05) is 31.1 Å². The van der Waals surface area contributed by atoms with Crippen LogP contribution in [0.5, 0.6) is 0 Å². The molecule has 0 aliphatic carbocycles. The molecule has 2 saturated heterocycles. The predicted molar refractivity (Wildman–Crippen MR) is 110 cm³/mol. The number of esters is 1. The van der Waals surface area contributed by atoms with Gasteiger partial charge in [0.25, 0.3) is 0 Å². The number of anilines is 1. The second-order valence-electron chi connectivity index (χ2n) is 7.76. The summed E-state index contributed by atoms with van der Waals surface area (Å²) in [5.41, 5.74) is 0.865. The van der Waals surface area contributed by atoms with Gasteiger partial charge in [0.05, 0.1) is 24.1 Å². The third-order valence-electron chi connectivity index (χ3n) is 5.96. The second kappa shape index (κ2) is 8.23. The molecule has 2 aliphatic heterocycles. The first-order chi connectivity index (χ1) is 14.1. The smallest absolute Gasteiger partial charge is 0.309 e. The van der Waals surface area contributed by atoms with Crippen molar-refractivity contribution in [3.8, 4) is 0 Å². The first kappa shape index (κ1) is 19.4. The van der Waals surface area contributed by atoms with Gasteiger partial charge in [0.1, 0.15) is 0 Å². The van der Waals surface area contributed by atoms with Crippen molar-refractivity contribution < 1.29 is 19.1 Å². The largest absolute Gasteiger partial charge is 0.466 e. The molecule has 6 heteroatoms. The van der Waals surface area contributed by atoms with Crippen LogP contribution in [-0.4, -0.2) is 48.9 Å². The van der Waals surface area contributed by atoms with Gasteiger partial charge in [-0.3, -0.25) is 14.4 Å². The van der Waals surface area contributed by atoms with Gasteiger partial charge in [0.15, 0.2) is 0 Å². The van der Waals surface area contributed by atoms with E-state index in [9.17, 15) is 14.4 Å². The van der Waals surface area contributed by atoms with Crippen LogP contribution in [0.15, 0.2) is 42.5 Å².